The Hall–Kier alpha value is -2.75. The van der Waals surface area contributed by atoms with Crippen LogP contribution in [0.3, 0.4) is 0 Å². The Kier molecular flexibility index (Phi) is 17.9. The van der Waals surface area contributed by atoms with Crippen molar-refractivity contribution in [1.29, 1.82) is 0 Å². The first kappa shape index (κ1) is 47.3. The van der Waals surface area contributed by atoms with E-state index in [4.69, 9.17) is 9.82 Å². The van der Waals surface area contributed by atoms with E-state index in [1.54, 1.807) is 0 Å². The molecule has 59 heavy (non-hydrogen) atoms. The second kappa shape index (κ2) is 22.4. The number of nitrogens with zero attached hydrogens (tertiary/aromatic N) is 1. The molecule has 1 aliphatic rings. The van der Waals surface area contributed by atoms with Gasteiger partial charge in [-0.3, -0.25) is 0 Å². The van der Waals surface area contributed by atoms with Gasteiger partial charge in [-0.05, 0) is 76.9 Å². The number of benzene rings is 6. The van der Waals surface area contributed by atoms with Crippen molar-refractivity contribution in [3.05, 3.63) is 185 Å². The third kappa shape index (κ3) is 11.2. The van der Waals surface area contributed by atoms with Crippen molar-refractivity contribution in [2.45, 2.75) is 91.9 Å². The molecular weight excluding hydrogens is 782 g/mol. The normalized spacial score (nSPS) is 12.9. The van der Waals surface area contributed by atoms with Gasteiger partial charge < -0.3 is 9.82 Å². The Morgan fingerprint density at radius 3 is 1.12 bits per heavy atom. The maximum atomic E-state index is 6.31. The fourth-order valence-corrected chi connectivity index (χ4v) is 17.3. The zero-order valence-corrected chi connectivity index (χ0v) is 41.9. The van der Waals surface area contributed by atoms with Gasteiger partial charge in [-0.25, -0.2) is 4.74 Å². The molecule has 1 aliphatic heterocycles. The SMILES string of the molecule is C1CCOC1.CC(C)c1cccc(C(C)C)c1[N-]P(=CP(=[NH+]c1c(C(C)C)cccc1C(C)C)(c1ccccc1)c1ccccc1)(c1ccccc1)c1ccccc1.[K+]. The van der Waals surface area contributed by atoms with E-state index in [0.717, 1.165) is 18.9 Å². The molecule has 7 rings (SSSR count). The van der Waals surface area contributed by atoms with E-state index >= 15 is 0 Å². The second-order valence-electron chi connectivity index (χ2n) is 16.6. The number of hydrogen-bond acceptors (Lipinski definition) is 1. The smallest absolute Gasteiger partial charge is 0.652 e. The minimum absolute atomic E-state index is 0. The van der Waals surface area contributed by atoms with Crippen molar-refractivity contribution in [3.63, 3.8) is 0 Å². The molecule has 302 valence electrons. The van der Waals surface area contributed by atoms with Gasteiger partial charge in [0.2, 0.25) is 5.69 Å². The number of rotatable bonds is 12. The van der Waals surface area contributed by atoms with E-state index in [2.05, 4.69) is 223 Å². The number of ether oxygens (including phenoxy) is 1. The molecule has 1 heterocycles. The summed E-state index contributed by atoms with van der Waals surface area (Å²) in [6, 6.07) is 58.4. The molecule has 0 aliphatic carbocycles. The Bertz CT molecular complexity index is 2170. The number of para-hydroxylation sites is 1. The molecule has 6 aromatic carbocycles. The summed E-state index contributed by atoms with van der Waals surface area (Å²) in [6.45, 7) is 20.5. The Balaban J connectivity index is 0.00000102. The average Bonchev–Trinajstić information content (AvgIpc) is 3.85. The topological polar surface area (TPSA) is 37.3 Å². The maximum absolute atomic E-state index is 6.31. The van der Waals surface area contributed by atoms with Crippen LogP contribution >= 0.6 is 14.1 Å². The summed E-state index contributed by atoms with van der Waals surface area (Å²) >= 11 is 0. The summed E-state index contributed by atoms with van der Waals surface area (Å²) in [4.78, 5) is 0. The van der Waals surface area contributed by atoms with Gasteiger partial charge in [0.1, 0.15) is 0 Å². The van der Waals surface area contributed by atoms with Crippen molar-refractivity contribution in [2.24, 2.45) is 0 Å². The molecular formula is C53H64KN2OP2+. The van der Waals surface area contributed by atoms with Crippen LogP contribution in [-0.2, 0) is 4.74 Å². The van der Waals surface area contributed by atoms with Gasteiger partial charge in [0, 0.05) is 34.9 Å². The van der Waals surface area contributed by atoms with Crippen molar-refractivity contribution in [3.8, 4) is 0 Å². The van der Waals surface area contributed by atoms with Gasteiger partial charge in [-0.1, -0.05) is 200 Å². The van der Waals surface area contributed by atoms with Gasteiger partial charge in [0.05, 0.1) is 0 Å². The summed E-state index contributed by atoms with van der Waals surface area (Å²) in [5.41, 5.74) is 10.4. The first-order valence-electron chi connectivity index (χ1n) is 21.3. The first-order chi connectivity index (χ1) is 28.1. The van der Waals surface area contributed by atoms with Crippen molar-refractivity contribution in [1.82, 2.24) is 0 Å². The summed E-state index contributed by atoms with van der Waals surface area (Å²) in [7, 11) is -5.38. The zero-order valence-electron chi connectivity index (χ0n) is 37.0. The predicted molar refractivity (Wildman–Crippen MR) is 257 cm³/mol. The fraction of sp³-hybridized carbons (Fsp3) is 0.302. The maximum Gasteiger partial charge on any atom is 1.00 e. The Labute approximate surface area is 399 Å². The molecule has 1 N–H and O–H groups in total. The molecule has 0 amide bonds. The van der Waals surface area contributed by atoms with E-state index in [0.29, 0.717) is 23.7 Å². The van der Waals surface area contributed by atoms with Crippen LogP contribution in [0.4, 0.5) is 11.4 Å². The van der Waals surface area contributed by atoms with Crippen LogP contribution in [-0.4, -0.2) is 18.8 Å². The molecule has 0 unspecified atom stereocenters. The van der Waals surface area contributed by atoms with Crippen LogP contribution in [0.5, 0.6) is 0 Å². The predicted octanol–water partition coefficient (Wildman–Crippen LogP) is 9.59. The Morgan fingerprint density at radius 1 is 0.458 bits per heavy atom. The second-order valence-corrected chi connectivity index (χ2v) is 22.8. The molecule has 0 radical (unpaired) electrons. The summed E-state index contributed by atoms with van der Waals surface area (Å²) in [5, 5.41) is 11.4. The van der Waals surface area contributed by atoms with Crippen LogP contribution in [0.1, 0.15) is 114 Å². The number of nitrogens with one attached hydrogen (secondary N) is 1. The van der Waals surface area contributed by atoms with Crippen LogP contribution < -0.4 is 77.3 Å². The molecule has 0 spiro atoms. The molecule has 0 aromatic heterocycles. The van der Waals surface area contributed by atoms with Gasteiger partial charge in [-0.15, -0.1) is 12.7 Å². The molecule has 6 aromatic rings. The molecule has 6 heteroatoms. The average molecular weight is 846 g/mol. The van der Waals surface area contributed by atoms with Crippen molar-refractivity contribution < 1.29 is 60.9 Å². The third-order valence-electron chi connectivity index (χ3n) is 11.1. The van der Waals surface area contributed by atoms with Crippen molar-refractivity contribution in [2.75, 3.05) is 13.2 Å². The molecule has 0 saturated carbocycles. The largest absolute Gasteiger partial charge is 1.00 e. The van der Waals surface area contributed by atoms with E-state index in [9.17, 15) is 0 Å². The van der Waals surface area contributed by atoms with E-state index in [-0.39, 0.29) is 51.4 Å². The van der Waals surface area contributed by atoms with Crippen LogP contribution in [0, 0.1) is 0 Å². The summed E-state index contributed by atoms with van der Waals surface area (Å²) < 4.78 is 9.45. The quantitative estimate of drug-likeness (QED) is 0.0968. The Morgan fingerprint density at radius 2 is 0.797 bits per heavy atom. The monoisotopic (exact) mass is 845 g/mol. The van der Waals surface area contributed by atoms with Gasteiger partial charge in [-0.2, -0.15) is 0 Å². The fourth-order valence-electron chi connectivity index (χ4n) is 7.90. The van der Waals surface area contributed by atoms with Gasteiger partial charge in [0.15, 0.2) is 7.05 Å². The molecule has 0 atom stereocenters. The summed E-state index contributed by atoms with van der Waals surface area (Å²) in [5.74, 6) is 1.30. The van der Waals surface area contributed by atoms with Crippen LogP contribution in [0.15, 0.2) is 158 Å². The zero-order chi connectivity index (χ0) is 41.1. The molecule has 1 saturated heterocycles. The summed E-state index contributed by atoms with van der Waals surface area (Å²) in [6.07, 6.45) is 2.56. The van der Waals surface area contributed by atoms with E-state index in [1.807, 2.05) is 0 Å². The van der Waals surface area contributed by atoms with E-state index in [1.165, 1.54) is 62.0 Å². The van der Waals surface area contributed by atoms with E-state index < -0.39 is 14.1 Å². The third-order valence-corrected chi connectivity index (χ3v) is 19.3. The first-order valence-corrected chi connectivity index (χ1v) is 25.0. The van der Waals surface area contributed by atoms with Crippen LogP contribution in [0.2, 0.25) is 0 Å². The molecule has 0 bridgehead atoms. The molecule has 3 nitrogen and oxygen atoms in total. The standard InChI is InChI=1S/C49H55N2P2.C4H8O.K/c1-36(2)44-31-21-32-45(37(3)4)48(44)50-52(40-23-13-9-14-24-40,41-25-15-10-16-26-41)35-53(42-27-17-11-18-28-42,43-29-19-12-20-30-43)51-49-46(38(5)6)33-22-34-47(49)39(7)8;1-2-4-5-3-1;/h9-39H,1-8H3;1-4H2;/q-1;;+1/p+1. The van der Waals surface area contributed by atoms with Gasteiger partial charge in [0.25, 0.3) is 0 Å². The number of hydrogen-bond donors (Lipinski definition) is 1. The van der Waals surface area contributed by atoms with Gasteiger partial charge >= 0.3 is 51.4 Å². The van der Waals surface area contributed by atoms with Crippen LogP contribution in [0.25, 0.3) is 5.09 Å². The minimum Gasteiger partial charge on any atom is -0.652 e. The molecule has 1 fully saturated rings. The minimum atomic E-state index is -2.74. The van der Waals surface area contributed by atoms with Crippen molar-refractivity contribution >= 4 is 52.2 Å².